The van der Waals surface area contributed by atoms with E-state index in [1.165, 1.54) is 36.6 Å². The molecule has 0 bridgehead atoms. The first-order valence-corrected chi connectivity index (χ1v) is 8.22. The summed E-state index contributed by atoms with van der Waals surface area (Å²) in [5.41, 5.74) is 0.747. The van der Waals surface area contributed by atoms with Gasteiger partial charge in [0.05, 0.1) is 0 Å². The Labute approximate surface area is 114 Å². The van der Waals surface area contributed by atoms with Crippen LogP contribution in [0.4, 0.5) is 0 Å². The number of hydrogen-bond acceptors (Lipinski definition) is 4. The Hall–Kier alpha value is -0.220. The second-order valence-corrected chi connectivity index (χ2v) is 7.38. The van der Waals surface area contributed by atoms with Crippen LogP contribution < -0.4 is 5.32 Å². The number of rotatable bonds is 1. The minimum Gasteiger partial charge on any atom is -0.381 e. The molecule has 4 heteroatoms. The smallest absolute Gasteiger partial charge is 0.157 e. The van der Waals surface area contributed by atoms with Crippen LogP contribution in [0, 0.1) is 5.41 Å². The summed E-state index contributed by atoms with van der Waals surface area (Å²) in [7, 11) is 0. The van der Waals surface area contributed by atoms with Gasteiger partial charge in [-0.2, -0.15) is 0 Å². The standard InChI is InChI=1S/C14H24N2OS/c1-13(6-8-17-9-7-13)16-12-15-10-14(11-18-12)4-2-3-5-14/h2-11H2,1H3,(H,15,16). The molecule has 1 spiro atoms. The zero-order valence-corrected chi connectivity index (χ0v) is 12.2. The van der Waals surface area contributed by atoms with E-state index in [1.807, 2.05) is 11.8 Å². The van der Waals surface area contributed by atoms with Crippen molar-refractivity contribution in [2.24, 2.45) is 10.4 Å². The van der Waals surface area contributed by atoms with Crippen LogP contribution in [-0.2, 0) is 4.74 Å². The molecule has 0 atom stereocenters. The maximum absolute atomic E-state index is 5.44. The third-order valence-electron chi connectivity index (χ3n) is 4.74. The van der Waals surface area contributed by atoms with Gasteiger partial charge in [0.1, 0.15) is 0 Å². The van der Waals surface area contributed by atoms with E-state index in [9.17, 15) is 0 Å². The lowest BCUT2D eigenvalue weighted by Gasteiger charge is -2.38. The summed E-state index contributed by atoms with van der Waals surface area (Å²) in [5, 5.41) is 4.85. The highest BCUT2D eigenvalue weighted by Gasteiger charge is 2.37. The van der Waals surface area contributed by atoms with E-state index in [2.05, 4.69) is 12.2 Å². The van der Waals surface area contributed by atoms with E-state index >= 15 is 0 Å². The zero-order valence-electron chi connectivity index (χ0n) is 11.3. The fraction of sp³-hybridized carbons (Fsp3) is 0.929. The van der Waals surface area contributed by atoms with Crippen LogP contribution in [0.25, 0.3) is 0 Å². The molecule has 0 unspecified atom stereocenters. The molecule has 0 radical (unpaired) electrons. The maximum Gasteiger partial charge on any atom is 0.157 e. The molecule has 0 amide bonds. The van der Waals surface area contributed by atoms with Crippen molar-refractivity contribution in [2.45, 2.75) is 51.0 Å². The zero-order chi connectivity index (χ0) is 12.5. The minimum atomic E-state index is 0.199. The van der Waals surface area contributed by atoms with Crippen LogP contribution >= 0.6 is 11.8 Å². The quantitative estimate of drug-likeness (QED) is 0.794. The Kier molecular flexibility index (Phi) is 3.59. The highest BCUT2D eigenvalue weighted by molar-refractivity contribution is 8.13. The van der Waals surface area contributed by atoms with Crippen LogP contribution in [0.15, 0.2) is 4.99 Å². The van der Waals surface area contributed by atoms with E-state index in [0.29, 0.717) is 5.41 Å². The number of nitrogens with zero attached hydrogens (tertiary/aromatic N) is 1. The molecular formula is C14H24N2OS. The number of aliphatic imine (C=N–C) groups is 1. The molecule has 1 saturated heterocycles. The van der Waals surface area contributed by atoms with Crippen LogP contribution in [0.5, 0.6) is 0 Å². The molecule has 3 rings (SSSR count). The first-order chi connectivity index (χ1) is 8.70. The third-order valence-corrected chi connectivity index (χ3v) is 6.00. The fourth-order valence-electron chi connectivity index (χ4n) is 3.26. The van der Waals surface area contributed by atoms with E-state index in [4.69, 9.17) is 9.73 Å². The molecule has 18 heavy (non-hydrogen) atoms. The molecule has 2 heterocycles. The molecule has 0 aromatic heterocycles. The molecule has 2 aliphatic heterocycles. The molecule has 1 saturated carbocycles. The summed E-state index contributed by atoms with van der Waals surface area (Å²) in [6.45, 7) is 5.12. The lowest BCUT2D eigenvalue weighted by atomic mass is 9.89. The van der Waals surface area contributed by atoms with Crippen molar-refractivity contribution in [3.8, 4) is 0 Å². The van der Waals surface area contributed by atoms with Gasteiger partial charge in [-0.25, -0.2) is 0 Å². The number of nitrogens with one attached hydrogen (secondary N) is 1. The predicted molar refractivity (Wildman–Crippen MR) is 77.3 cm³/mol. The van der Waals surface area contributed by atoms with Crippen LogP contribution in [0.1, 0.15) is 45.4 Å². The lowest BCUT2D eigenvalue weighted by Crippen LogP contribution is -2.50. The monoisotopic (exact) mass is 268 g/mol. The first-order valence-electron chi connectivity index (χ1n) is 7.23. The Balaban J connectivity index is 1.59. The Morgan fingerprint density at radius 1 is 1.17 bits per heavy atom. The average molecular weight is 268 g/mol. The van der Waals surface area contributed by atoms with Gasteiger partial charge in [-0.05, 0) is 38.0 Å². The first kappa shape index (κ1) is 12.8. The summed E-state index contributed by atoms with van der Waals surface area (Å²) < 4.78 is 5.44. The van der Waals surface area contributed by atoms with Gasteiger partial charge in [-0.3, -0.25) is 4.99 Å². The highest BCUT2D eigenvalue weighted by atomic mass is 32.2. The normalized spacial score (nSPS) is 30.2. The number of thioether (sulfide) groups is 1. The Bertz CT molecular complexity index is 331. The van der Waals surface area contributed by atoms with E-state index in [-0.39, 0.29) is 5.54 Å². The van der Waals surface area contributed by atoms with Gasteiger partial charge in [0.2, 0.25) is 0 Å². The summed E-state index contributed by atoms with van der Waals surface area (Å²) in [5.74, 6) is 1.27. The fourth-order valence-corrected chi connectivity index (χ4v) is 4.56. The van der Waals surface area contributed by atoms with Crippen LogP contribution in [-0.4, -0.2) is 36.2 Å². The van der Waals surface area contributed by atoms with Crippen molar-refractivity contribution in [1.29, 1.82) is 0 Å². The van der Waals surface area contributed by atoms with Crippen molar-refractivity contribution in [2.75, 3.05) is 25.5 Å². The summed E-state index contributed by atoms with van der Waals surface area (Å²) in [6, 6.07) is 0. The highest BCUT2D eigenvalue weighted by Crippen LogP contribution is 2.43. The lowest BCUT2D eigenvalue weighted by molar-refractivity contribution is 0.0527. The van der Waals surface area contributed by atoms with Gasteiger partial charge < -0.3 is 10.1 Å². The molecule has 3 aliphatic rings. The van der Waals surface area contributed by atoms with Crippen molar-refractivity contribution < 1.29 is 4.74 Å². The molecule has 3 nitrogen and oxygen atoms in total. The largest absolute Gasteiger partial charge is 0.381 e. The van der Waals surface area contributed by atoms with Gasteiger partial charge in [-0.15, -0.1) is 0 Å². The number of amidine groups is 1. The Morgan fingerprint density at radius 3 is 2.50 bits per heavy atom. The Morgan fingerprint density at radius 2 is 1.89 bits per heavy atom. The van der Waals surface area contributed by atoms with Gasteiger partial charge in [0, 0.05) is 31.1 Å². The molecule has 0 aromatic carbocycles. The summed E-state index contributed by atoms with van der Waals surface area (Å²) >= 11 is 1.95. The summed E-state index contributed by atoms with van der Waals surface area (Å²) in [6.07, 6.45) is 7.79. The third kappa shape index (κ3) is 2.69. The molecule has 1 N–H and O–H groups in total. The van der Waals surface area contributed by atoms with E-state index in [0.717, 1.165) is 32.6 Å². The summed E-state index contributed by atoms with van der Waals surface area (Å²) in [4.78, 5) is 4.83. The van der Waals surface area contributed by atoms with Gasteiger partial charge in [0.25, 0.3) is 0 Å². The molecule has 2 fully saturated rings. The van der Waals surface area contributed by atoms with Gasteiger partial charge >= 0.3 is 0 Å². The SMILES string of the molecule is CC1(NC2=NCC3(CCCC3)CS2)CCOCC1. The second-order valence-electron chi connectivity index (χ2n) is 6.42. The average Bonchev–Trinajstić information content (AvgIpc) is 2.82. The van der Waals surface area contributed by atoms with E-state index < -0.39 is 0 Å². The van der Waals surface area contributed by atoms with Crippen LogP contribution in [0.2, 0.25) is 0 Å². The van der Waals surface area contributed by atoms with Gasteiger partial charge in [-0.1, -0.05) is 24.6 Å². The second kappa shape index (κ2) is 5.04. The van der Waals surface area contributed by atoms with Crippen molar-refractivity contribution >= 4 is 16.9 Å². The van der Waals surface area contributed by atoms with Gasteiger partial charge in [0.15, 0.2) is 5.17 Å². The van der Waals surface area contributed by atoms with Crippen LogP contribution in [0.3, 0.4) is 0 Å². The maximum atomic E-state index is 5.44. The number of hydrogen-bond donors (Lipinski definition) is 1. The van der Waals surface area contributed by atoms with Crippen molar-refractivity contribution in [1.82, 2.24) is 5.32 Å². The minimum absolute atomic E-state index is 0.199. The van der Waals surface area contributed by atoms with E-state index in [1.54, 1.807) is 0 Å². The van der Waals surface area contributed by atoms with Crippen molar-refractivity contribution in [3.05, 3.63) is 0 Å². The topological polar surface area (TPSA) is 33.6 Å². The number of ether oxygens (including phenoxy) is 1. The van der Waals surface area contributed by atoms with Crippen molar-refractivity contribution in [3.63, 3.8) is 0 Å². The molecular weight excluding hydrogens is 244 g/mol. The molecule has 0 aromatic rings. The molecule has 1 aliphatic carbocycles. The molecule has 102 valence electrons. The predicted octanol–water partition coefficient (Wildman–Crippen LogP) is 2.81.